The summed E-state index contributed by atoms with van der Waals surface area (Å²) in [6, 6.07) is 8.12. The smallest absolute Gasteiger partial charge is 0.179 e. The lowest BCUT2D eigenvalue weighted by atomic mass is 9.86. The molecule has 2 aromatic rings. The molecule has 8 rings (SSSR count). The molecule has 11 heteroatoms. The molecular weight excluding hydrogens is 636 g/mol. The van der Waals surface area contributed by atoms with E-state index in [1.807, 2.05) is 39.2 Å². The van der Waals surface area contributed by atoms with Crippen LogP contribution in [0.3, 0.4) is 0 Å². The van der Waals surface area contributed by atoms with Crippen LogP contribution in [-0.4, -0.2) is 85.7 Å². The molecule has 2 saturated heterocycles. The van der Waals surface area contributed by atoms with Crippen LogP contribution in [0.4, 0.5) is 5.82 Å². The molecule has 0 unspecified atom stereocenters. The van der Waals surface area contributed by atoms with Crippen molar-refractivity contribution in [3.63, 3.8) is 0 Å². The normalized spacial score (nSPS) is 21.0. The summed E-state index contributed by atoms with van der Waals surface area (Å²) in [5.41, 5.74) is 7.06. The molecule has 4 aliphatic carbocycles. The van der Waals surface area contributed by atoms with Crippen LogP contribution in [0.1, 0.15) is 73.6 Å². The average molecular weight is 681 g/mol. The highest BCUT2D eigenvalue weighted by Gasteiger charge is 2.46. The zero-order valence-electron chi connectivity index (χ0n) is 29.0. The second-order valence-corrected chi connectivity index (χ2v) is 15.0. The third-order valence-corrected chi connectivity index (χ3v) is 11.3. The number of fused-ring (bicyclic) bond motifs is 2. The quantitative estimate of drug-likeness (QED) is 0.433. The Kier molecular flexibility index (Phi) is 9.84. The third kappa shape index (κ3) is 7.08. The van der Waals surface area contributed by atoms with Gasteiger partial charge in [0.25, 0.3) is 0 Å². The maximum absolute atomic E-state index is 12.5. The number of hydrogen-bond donors (Lipinski definition) is 1. The second kappa shape index (κ2) is 13.9. The maximum Gasteiger partial charge on any atom is 0.179 e. The predicted molar refractivity (Wildman–Crippen MR) is 190 cm³/mol. The van der Waals surface area contributed by atoms with Gasteiger partial charge in [-0.2, -0.15) is 10.5 Å². The number of nitriles is 2. The summed E-state index contributed by atoms with van der Waals surface area (Å²) >= 11 is 6.04. The van der Waals surface area contributed by atoms with Gasteiger partial charge in [-0.25, -0.2) is 9.97 Å². The van der Waals surface area contributed by atoms with E-state index in [2.05, 4.69) is 37.2 Å². The number of piperidine rings is 2. The highest BCUT2D eigenvalue weighted by molar-refractivity contribution is 6.29. The minimum Gasteiger partial charge on any atom is -0.370 e. The number of Topliss-reactive ketones (excluding diaryl/α,β-unsaturated/α-hetero) is 2. The van der Waals surface area contributed by atoms with Gasteiger partial charge < -0.3 is 20.0 Å². The molecule has 10 nitrogen and oxygen atoms in total. The molecule has 1 N–H and O–H groups in total. The number of aromatic nitrogens is 2. The van der Waals surface area contributed by atoms with E-state index in [4.69, 9.17) is 11.6 Å². The molecule has 4 fully saturated rings. The van der Waals surface area contributed by atoms with Crippen molar-refractivity contribution in [2.45, 2.75) is 64.2 Å². The van der Waals surface area contributed by atoms with Gasteiger partial charge in [-0.05, 0) is 99.6 Å². The van der Waals surface area contributed by atoms with Crippen molar-refractivity contribution in [2.24, 2.45) is 10.8 Å². The molecule has 0 radical (unpaired) electrons. The molecule has 2 aromatic heterocycles. The van der Waals surface area contributed by atoms with Crippen molar-refractivity contribution in [1.29, 1.82) is 10.5 Å². The van der Waals surface area contributed by atoms with Crippen molar-refractivity contribution in [3.8, 4) is 12.1 Å². The zero-order valence-corrected chi connectivity index (χ0v) is 29.8. The van der Waals surface area contributed by atoms with Crippen LogP contribution in [-0.2, 0) is 22.4 Å². The van der Waals surface area contributed by atoms with Gasteiger partial charge in [0.1, 0.15) is 34.3 Å². The molecular formula is C38H45ClN8O2. The van der Waals surface area contributed by atoms with E-state index in [1.54, 1.807) is 18.5 Å². The predicted octanol–water partition coefficient (Wildman–Crippen LogP) is 5.19. The lowest BCUT2D eigenvalue weighted by Gasteiger charge is -2.37. The minimum absolute atomic E-state index is 0.0777. The molecule has 4 heterocycles. The number of halogens is 1. The summed E-state index contributed by atoms with van der Waals surface area (Å²) in [5, 5.41) is 22.2. The molecule has 2 spiro atoms. The van der Waals surface area contributed by atoms with Gasteiger partial charge >= 0.3 is 0 Å². The molecule has 49 heavy (non-hydrogen) atoms. The van der Waals surface area contributed by atoms with Crippen molar-refractivity contribution in [3.05, 3.63) is 63.1 Å². The number of anilines is 1. The van der Waals surface area contributed by atoms with Crippen LogP contribution >= 0.6 is 11.6 Å². The summed E-state index contributed by atoms with van der Waals surface area (Å²) in [6.07, 6.45) is 14.0. The summed E-state index contributed by atoms with van der Waals surface area (Å²) in [7, 11) is 7.66. The van der Waals surface area contributed by atoms with E-state index < -0.39 is 0 Å². The lowest BCUT2D eigenvalue weighted by Crippen LogP contribution is -2.36. The van der Waals surface area contributed by atoms with E-state index in [0.29, 0.717) is 21.6 Å². The average Bonchev–Trinajstić information content (AvgIpc) is 4.03. The Morgan fingerprint density at radius 1 is 0.735 bits per heavy atom. The molecule has 2 aliphatic heterocycles. The van der Waals surface area contributed by atoms with Crippen LogP contribution in [0.2, 0.25) is 5.15 Å². The lowest BCUT2D eigenvalue weighted by molar-refractivity contribution is -0.115. The number of carbonyl (C=O) groups is 2. The summed E-state index contributed by atoms with van der Waals surface area (Å²) in [4.78, 5) is 39.7. The van der Waals surface area contributed by atoms with Crippen LogP contribution in [0.5, 0.6) is 0 Å². The number of carbonyl (C=O) groups excluding carboxylic acids is 2. The molecule has 0 atom stereocenters. The number of pyridine rings is 2. The first-order chi connectivity index (χ1) is 23.6. The van der Waals surface area contributed by atoms with Crippen molar-refractivity contribution in [2.75, 3.05) is 59.3 Å². The Balaban J connectivity index is 0.000000158. The van der Waals surface area contributed by atoms with Crippen LogP contribution < -0.4 is 10.2 Å². The Morgan fingerprint density at radius 2 is 1.14 bits per heavy atom. The minimum atomic E-state index is -0.110. The largest absolute Gasteiger partial charge is 0.370 e. The SMILES string of the molecule is CN(C)c1cc2c(cn1)CC(=O)C(C#N)=C2N1CCC2(CC1)CC2.CNC.N#CC1=C(N2CCC3(CC2)CC3)c2cc(Cl)ncc2CC1=O. The van der Waals surface area contributed by atoms with Gasteiger partial charge in [-0.1, -0.05) is 11.6 Å². The number of likely N-dealkylation sites (tertiary alicyclic amines) is 2. The van der Waals surface area contributed by atoms with E-state index in [9.17, 15) is 20.1 Å². The molecule has 0 aromatic carbocycles. The number of ketones is 2. The Bertz CT molecular complexity index is 1790. The molecule has 0 amide bonds. The van der Waals surface area contributed by atoms with E-state index >= 15 is 0 Å². The first-order valence-corrected chi connectivity index (χ1v) is 17.7. The monoisotopic (exact) mass is 680 g/mol. The van der Waals surface area contributed by atoms with Crippen LogP contribution in [0, 0.1) is 33.5 Å². The number of hydrogen-bond acceptors (Lipinski definition) is 10. The third-order valence-electron chi connectivity index (χ3n) is 11.0. The zero-order chi connectivity index (χ0) is 34.9. The Hall–Kier alpha value is -4.25. The van der Waals surface area contributed by atoms with Gasteiger partial charge in [0.05, 0.1) is 11.4 Å². The Morgan fingerprint density at radius 3 is 1.53 bits per heavy atom. The molecule has 0 bridgehead atoms. The van der Waals surface area contributed by atoms with Gasteiger partial charge in [-0.15, -0.1) is 0 Å². The van der Waals surface area contributed by atoms with Crippen LogP contribution in [0.15, 0.2) is 35.7 Å². The van der Waals surface area contributed by atoms with E-state index in [1.165, 1.54) is 38.5 Å². The topological polar surface area (TPSA) is 129 Å². The standard InChI is InChI=1S/C19H22N4O.C17H16ClN3O.C2H7N/c1-22(2)17-10-14-13(12-21-17)9-16(24)15(11-20)18(14)23-7-5-19(3-4-19)6-8-23;18-15-8-12-11(10-20-15)7-14(22)13(9-19)16(12)21-5-3-17(1-2-17)4-6-21;1-3-2/h10,12H,3-9H2,1-2H3;8,10H,1-7H2;3H,1-2H3. The maximum atomic E-state index is 12.5. The van der Waals surface area contributed by atoms with E-state index in [0.717, 1.165) is 78.5 Å². The van der Waals surface area contributed by atoms with Gasteiger partial charge in [0.15, 0.2) is 11.6 Å². The summed E-state index contributed by atoms with van der Waals surface area (Å²) < 4.78 is 0. The summed E-state index contributed by atoms with van der Waals surface area (Å²) in [6.45, 7) is 3.69. The fourth-order valence-corrected chi connectivity index (χ4v) is 7.76. The van der Waals surface area contributed by atoms with Crippen molar-refractivity contribution in [1.82, 2.24) is 25.1 Å². The second-order valence-electron chi connectivity index (χ2n) is 14.6. The fourth-order valence-electron chi connectivity index (χ4n) is 7.60. The molecule has 6 aliphatic rings. The highest BCUT2D eigenvalue weighted by Crippen LogP contribution is 2.55. The van der Waals surface area contributed by atoms with Crippen molar-refractivity contribution < 1.29 is 9.59 Å². The first-order valence-electron chi connectivity index (χ1n) is 17.3. The summed E-state index contributed by atoms with van der Waals surface area (Å²) in [5.74, 6) is 0.667. The molecule has 2 saturated carbocycles. The Labute approximate surface area is 294 Å². The number of rotatable bonds is 3. The number of nitrogens with one attached hydrogen (secondary N) is 1. The number of allylic oxidation sites excluding steroid dienone is 2. The highest BCUT2D eigenvalue weighted by atomic mass is 35.5. The van der Waals surface area contributed by atoms with Crippen molar-refractivity contribution >= 4 is 40.4 Å². The van der Waals surface area contributed by atoms with E-state index in [-0.39, 0.29) is 30.0 Å². The van der Waals surface area contributed by atoms with Gasteiger partial charge in [0, 0.05) is 76.6 Å². The van der Waals surface area contributed by atoms with Gasteiger partial charge in [0.2, 0.25) is 0 Å². The fraction of sp³-hybridized carbons (Fsp3) is 0.526. The van der Waals surface area contributed by atoms with Crippen LogP contribution in [0.25, 0.3) is 11.4 Å². The first kappa shape index (κ1) is 34.6. The molecule has 256 valence electrons. The van der Waals surface area contributed by atoms with Gasteiger partial charge in [-0.3, -0.25) is 9.59 Å². The number of nitrogens with zero attached hydrogens (tertiary/aromatic N) is 7.